The fourth-order valence-corrected chi connectivity index (χ4v) is 1.82. The van der Waals surface area contributed by atoms with Crippen LogP contribution >= 0.6 is 0 Å². The maximum atomic E-state index is 11.1. The van der Waals surface area contributed by atoms with Gasteiger partial charge in [0.15, 0.2) is 0 Å². The van der Waals surface area contributed by atoms with Crippen LogP contribution in [0.4, 0.5) is 5.69 Å². The number of rotatable bonds is 2. The van der Waals surface area contributed by atoms with Crippen LogP contribution in [0.1, 0.15) is 21.7 Å². The zero-order chi connectivity index (χ0) is 12.6. The van der Waals surface area contributed by atoms with Crippen molar-refractivity contribution < 1.29 is 9.90 Å². The van der Waals surface area contributed by atoms with Crippen LogP contribution in [0.3, 0.4) is 0 Å². The molecule has 17 heavy (non-hydrogen) atoms. The average Bonchev–Trinajstić information content (AvgIpc) is 2.55. The highest BCUT2D eigenvalue weighted by atomic mass is 16.4. The van der Waals surface area contributed by atoms with E-state index < -0.39 is 5.97 Å². The highest BCUT2D eigenvalue weighted by Gasteiger charge is 2.18. The van der Waals surface area contributed by atoms with Crippen LogP contribution in [-0.4, -0.2) is 20.9 Å². The summed E-state index contributed by atoms with van der Waals surface area (Å²) in [7, 11) is 0. The SMILES string of the molecule is Cc1nn(-c2ccc(N)cc2)c(C)c1C(=O)O. The Kier molecular flexibility index (Phi) is 2.59. The molecule has 0 atom stereocenters. The van der Waals surface area contributed by atoms with Crippen molar-refractivity contribution in [3.63, 3.8) is 0 Å². The summed E-state index contributed by atoms with van der Waals surface area (Å²) in [5, 5.41) is 13.3. The molecule has 5 heteroatoms. The van der Waals surface area contributed by atoms with Gasteiger partial charge in [0, 0.05) is 5.69 Å². The molecule has 2 aromatic rings. The first-order chi connectivity index (χ1) is 8.00. The Balaban J connectivity index is 2.57. The second kappa shape index (κ2) is 3.93. The van der Waals surface area contributed by atoms with Gasteiger partial charge in [-0.1, -0.05) is 0 Å². The van der Waals surface area contributed by atoms with E-state index in [1.165, 1.54) is 0 Å². The summed E-state index contributed by atoms with van der Waals surface area (Å²) in [4.78, 5) is 11.1. The number of aromatic carboxylic acids is 1. The number of nitrogens with two attached hydrogens (primary N) is 1. The van der Waals surface area contributed by atoms with E-state index in [2.05, 4.69) is 5.10 Å². The van der Waals surface area contributed by atoms with E-state index in [0.717, 1.165) is 5.69 Å². The third kappa shape index (κ3) is 1.87. The summed E-state index contributed by atoms with van der Waals surface area (Å²) in [5.41, 5.74) is 8.43. The normalized spacial score (nSPS) is 10.5. The maximum Gasteiger partial charge on any atom is 0.339 e. The minimum Gasteiger partial charge on any atom is -0.478 e. The van der Waals surface area contributed by atoms with Gasteiger partial charge in [-0.25, -0.2) is 9.48 Å². The summed E-state index contributed by atoms with van der Waals surface area (Å²) in [5.74, 6) is -0.957. The van der Waals surface area contributed by atoms with Crippen LogP contribution in [0.15, 0.2) is 24.3 Å². The zero-order valence-corrected chi connectivity index (χ0v) is 9.64. The van der Waals surface area contributed by atoms with E-state index in [9.17, 15) is 4.79 Å². The van der Waals surface area contributed by atoms with Gasteiger partial charge in [0.2, 0.25) is 0 Å². The summed E-state index contributed by atoms with van der Waals surface area (Å²) in [6.45, 7) is 3.42. The number of hydrogen-bond acceptors (Lipinski definition) is 3. The lowest BCUT2D eigenvalue weighted by Gasteiger charge is -2.04. The molecule has 5 nitrogen and oxygen atoms in total. The molecular formula is C12H13N3O2. The van der Waals surface area contributed by atoms with Crippen LogP contribution < -0.4 is 5.73 Å². The molecule has 0 amide bonds. The Morgan fingerprint density at radius 3 is 2.35 bits per heavy atom. The predicted octanol–water partition coefficient (Wildman–Crippen LogP) is 1.77. The molecule has 0 aliphatic carbocycles. The molecule has 1 aromatic heterocycles. The minimum absolute atomic E-state index is 0.252. The maximum absolute atomic E-state index is 11.1. The molecule has 0 radical (unpaired) electrons. The Morgan fingerprint density at radius 1 is 1.29 bits per heavy atom. The number of anilines is 1. The number of carboxylic acid groups (broad SMARTS) is 1. The minimum atomic E-state index is -0.957. The lowest BCUT2D eigenvalue weighted by Crippen LogP contribution is -2.02. The Hall–Kier alpha value is -2.30. The van der Waals surface area contributed by atoms with E-state index in [4.69, 9.17) is 10.8 Å². The van der Waals surface area contributed by atoms with Crippen molar-refractivity contribution in [2.24, 2.45) is 0 Å². The first-order valence-electron chi connectivity index (χ1n) is 5.16. The average molecular weight is 231 g/mol. The third-order valence-corrected chi connectivity index (χ3v) is 2.64. The summed E-state index contributed by atoms with van der Waals surface area (Å²) in [6.07, 6.45) is 0. The van der Waals surface area contributed by atoms with E-state index in [0.29, 0.717) is 17.1 Å². The molecule has 0 fully saturated rings. The molecule has 88 valence electrons. The van der Waals surface area contributed by atoms with Gasteiger partial charge in [0.1, 0.15) is 5.56 Å². The molecule has 3 N–H and O–H groups in total. The van der Waals surface area contributed by atoms with Crippen molar-refractivity contribution in [3.05, 3.63) is 41.2 Å². The van der Waals surface area contributed by atoms with Crippen LogP contribution in [0.2, 0.25) is 0 Å². The van der Waals surface area contributed by atoms with Crippen molar-refractivity contribution >= 4 is 11.7 Å². The van der Waals surface area contributed by atoms with Gasteiger partial charge in [-0.05, 0) is 38.1 Å². The molecule has 0 unspecified atom stereocenters. The van der Waals surface area contributed by atoms with Gasteiger partial charge in [-0.15, -0.1) is 0 Å². The van der Waals surface area contributed by atoms with E-state index in [1.54, 1.807) is 42.8 Å². The molecule has 1 heterocycles. The summed E-state index contributed by atoms with van der Waals surface area (Å²) in [6, 6.07) is 7.12. The first-order valence-corrected chi connectivity index (χ1v) is 5.16. The molecular weight excluding hydrogens is 218 g/mol. The number of hydrogen-bond donors (Lipinski definition) is 2. The van der Waals surface area contributed by atoms with Gasteiger partial charge in [-0.2, -0.15) is 5.10 Å². The predicted molar refractivity (Wildman–Crippen MR) is 64.4 cm³/mol. The van der Waals surface area contributed by atoms with Gasteiger partial charge in [0.25, 0.3) is 0 Å². The molecule has 0 aliphatic heterocycles. The van der Waals surface area contributed by atoms with E-state index in [-0.39, 0.29) is 5.56 Å². The van der Waals surface area contributed by atoms with Crippen LogP contribution in [0.25, 0.3) is 5.69 Å². The Morgan fingerprint density at radius 2 is 1.88 bits per heavy atom. The molecule has 0 spiro atoms. The monoisotopic (exact) mass is 231 g/mol. The van der Waals surface area contributed by atoms with Crippen LogP contribution in [-0.2, 0) is 0 Å². The topological polar surface area (TPSA) is 81.1 Å². The van der Waals surface area contributed by atoms with Gasteiger partial charge in [0.05, 0.1) is 17.1 Å². The van der Waals surface area contributed by atoms with Gasteiger partial charge < -0.3 is 10.8 Å². The van der Waals surface area contributed by atoms with E-state index >= 15 is 0 Å². The number of nitrogen functional groups attached to an aromatic ring is 1. The second-order valence-electron chi connectivity index (χ2n) is 3.85. The molecule has 0 saturated heterocycles. The Labute approximate surface area is 98.5 Å². The first kappa shape index (κ1) is 11.2. The second-order valence-corrected chi connectivity index (χ2v) is 3.85. The largest absolute Gasteiger partial charge is 0.478 e. The molecule has 2 rings (SSSR count). The number of carboxylic acids is 1. The summed E-state index contributed by atoms with van der Waals surface area (Å²) < 4.78 is 1.61. The van der Waals surface area contributed by atoms with Crippen LogP contribution in [0.5, 0.6) is 0 Å². The van der Waals surface area contributed by atoms with Crippen molar-refractivity contribution in [3.8, 4) is 5.69 Å². The standard InChI is InChI=1S/C12H13N3O2/c1-7-11(12(16)17)8(2)15(14-7)10-5-3-9(13)4-6-10/h3-6H,13H2,1-2H3,(H,16,17). The van der Waals surface area contributed by atoms with Gasteiger partial charge in [-0.3, -0.25) is 0 Å². The fraction of sp³-hybridized carbons (Fsp3) is 0.167. The summed E-state index contributed by atoms with van der Waals surface area (Å²) >= 11 is 0. The number of aryl methyl sites for hydroxylation is 1. The van der Waals surface area contributed by atoms with Crippen LogP contribution in [0, 0.1) is 13.8 Å². The molecule has 0 aliphatic rings. The number of aromatic nitrogens is 2. The molecule has 0 saturated carbocycles. The van der Waals surface area contributed by atoms with Crippen molar-refractivity contribution in [2.75, 3.05) is 5.73 Å². The Bertz CT molecular complexity index is 570. The number of nitrogens with zero attached hydrogens (tertiary/aromatic N) is 2. The fourth-order valence-electron chi connectivity index (χ4n) is 1.82. The van der Waals surface area contributed by atoms with Crippen molar-refractivity contribution in [2.45, 2.75) is 13.8 Å². The number of carbonyl (C=O) groups is 1. The van der Waals surface area contributed by atoms with Gasteiger partial charge >= 0.3 is 5.97 Å². The molecule has 0 bridgehead atoms. The highest BCUT2D eigenvalue weighted by Crippen LogP contribution is 2.18. The van der Waals surface area contributed by atoms with Crippen molar-refractivity contribution in [1.29, 1.82) is 0 Å². The van der Waals surface area contributed by atoms with E-state index in [1.807, 2.05) is 0 Å². The highest BCUT2D eigenvalue weighted by molar-refractivity contribution is 5.90. The number of benzene rings is 1. The quantitative estimate of drug-likeness (QED) is 0.772. The lowest BCUT2D eigenvalue weighted by atomic mass is 10.2. The molecule has 1 aromatic carbocycles. The van der Waals surface area contributed by atoms with Crippen molar-refractivity contribution in [1.82, 2.24) is 9.78 Å². The zero-order valence-electron chi connectivity index (χ0n) is 9.64. The lowest BCUT2D eigenvalue weighted by molar-refractivity contribution is 0.0695. The smallest absolute Gasteiger partial charge is 0.339 e. The third-order valence-electron chi connectivity index (χ3n) is 2.64.